The van der Waals surface area contributed by atoms with Gasteiger partial charge < -0.3 is 0 Å². The summed E-state index contributed by atoms with van der Waals surface area (Å²) in [5.41, 5.74) is 0. The first-order valence-corrected chi connectivity index (χ1v) is 7.09. The fourth-order valence-electron chi connectivity index (χ4n) is 1.49. The Hall–Kier alpha value is -1.18. The lowest BCUT2D eigenvalue weighted by Gasteiger charge is -1.94. The Morgan fingerprint density at radius 3 is 1.50 bits per heavy atom. The Morgan fingerprint density at radius 1 is 0.778 bits per heavy atom. The van der Waals surface area contributed by atoms with Crippen LogP contribution in [0.25, 0.3) is 0 Å². The van der Waals surface area contributed by atoms with E-state index in [2.05, 4.69) is 13.8 Å². The molecule has 0 radical (unpaired) electrons. The molecule has 0 aromatic carbocycles. The minimum Gasteiger partial charge on any atom is -0.295 e. The van der Waals surface area contributed by atoms with Crippen LogP contribution in [0.2, 0.25) is 0 Å². The zero-order valence-corrected chi connectivity index (χ0v) is 11.8. The summed E-state index contributed by atoms with van der Waals surface area (Å²) in [6, 6.07) is 0. The van der Waals surface area contributed by atoms with Crippen molar-refractivity contribution in [3.63, 3.8) is 0 Å². The molecule has 0 aliphatic rings. The molecule has 0 aromatic rings. The molecule has 102 valence electrons. The van der Waals surface area contributed by atoms with E-state index in [4.69, 9.17) is 0 Å². The summed E-state index contributed by atoms with van der Waals surface area (Å²) in [4.78, 5) is 22.8. The second kappa shape index (κ2) is 12.3. The first-order chi connectivity index (χ1) is 8.70. The SMILES string of the molecule is CCCCC=CC(=O)CCC(=O)C=CCCCC. The number of hydrogen-bond donors (Lipinski definition) is 0. The molecule has 0 aliphatic heterocycles. The zero-order valence-electron chi connectivity index (χ0n) is 11.8. The predicted octanol–water partition coefficient (Wildman–Crippen LogP) is 4.40. The number of ketones is 2. The highest BCUT2D eigenvalue weighted by Crippen LogP contribution is 2.00. The molecule has 0 amide bonds. The molecule has 0 saturated heterocycles. The molecular weight excluding hydrogens is 224 g/mol. The van der Waals surface area contributed by atoms with Crippen molar-refractivity contribution in [2.75, 3.05) is 0 Å². The summed E-state index contributed by atoms with van der Waals surface area (Å²) in [5.74, 6) is 0.114. The molecule has 0 rings (SSSR count). The average molecular weight is 250 g/mol. The molecule has 0 N–H and O–H groups in total. The van der Waals surface area contributed by atoms with Crippen molar-refractivity contribution in [2.24, 2.45) is 0 Å². The quantitative estimate of drug-likeness (QED) is 0.402. The van der Waals surface area contributed by atoms with Crippen LogP contribution in [0.4, 0.5) is 0 Å². The summed E-state index contributed by atoms with van der Waals surface area (Å²) >= 11 is 0. The summed E-state index contributed by atoms with van der Waals surface area (Å²) in [6.07, 6.45) is 14.1. The highest BCUT2D eigenvalue weighted by Gasteiger charge is 2.01. The maximum atomic E-state index is 11.4. The van der Waals surface area contributed by atoms with Gasteiger partial charge in [-0.05, 0) is 25.0 Å². The fraction of sp³-hybridized carbons (Fsp3) is 0.625. The maximum Gasteiger partial charge on any atom is 0.155 e. The van der Waals surface area contributed by atoms with Gasteiger partial charge in [0.2, 0.25) is 0 Å². The molecule has 0 aliphatic carbocycles. The molecule has 18 heavy (non-hydrogen) atoms. The van der Waals surface area contributed by atoms with Gasteiger partial charge in [0.25, 0.3) is 0 Å². The molecule has 0 saturated carbocycles. The maximum absolute atomic E-state index is 11.4. The van der Waals surface area contributed by atoms with Crippen molar-refractivity contribution in [3.05, 3.63) is 24.3 Å². The lowest BCUT2D eigenvalue weighted by molar-refractivity contribution is -0.119. The van der Waals surface area contributed by atoms with Gasteiger partial charge in [-0.1, -0.05) is 51.7 Å². The molecule has 0 aromatic heterocycles. The zero-order chi connectivity index (χ0) is 13.6. The molecule has 2 nitrogen and oxygen atoms in total. The van der Waals surface area contributed by atoms with Gasteiger partial charge in [0, 0.05) is 12.8 Å². The molecule has 0 heterocycles. The van der Waals surface area contributed by atoms with Crippen LogP contribution < -0.4 is 0 Å². The lowest BCUT2D eigenvalue weighted by atomic mass is 10.1. The molecule has 2 heteroatoms. The van der Waals surface area contributed by atoms with E-state index < -0.39 is 0 Å². The van der Waals surface area contributed by atoms with Crippen LogP contribution in [-0.4, -0.2) is 11.6 Å². The molecular formula is C16H26O2. The number of carbonyl (C=O) groups is 2. The monoisotopic (exact) mass is 250 g/mol. The Kier molecular flexibility index (Phi) is 11.5. The highest BCUT2D eigenvalue weighted by molar-refractivity contribution is 5.96. The van der Waals surface area contributed by atoms with Crippen LogP contribution >= 0.6 is 0 Å². The lowest BCUT2D eigenvalue weighted by Crippen LogP contribution is -1.99. The number of unbranched alkanes of at least 4 members (excludes halogenated alkanes) is 4. The van der Waals surface area contributed by atoms with Crippen molar-refractivity contribution in [3.8, 4) is 0 Å². The molecule has 0 atom stereocenters. The summed E-state index contributed by atoms with van der Waals surface area (Å²) in [7, 11) is 0. The van der Waals surface area contributed by atoms with Crippen molar-refractivity contribution in [1.29, 1.82) is 0 Å². The average Bonchev–Trinajstić information content (AvgIpc) is 2.37. The van der Waals surface area contributed by atoms with E-state index in [-0.39, 0.29) is 11.6 Å². The van der Waals surface area contributed by atoms with Gasteiger partial charge in [0.15, 0.2) is 11.6 Å². The Morgan fingerprint density at radius 2 is 1.17 bits per heavy atom. The normalized spacial score (nSPS) is 11.4. The molecule has 0 unspecified atom stereocenters. The van der Waals surface area contributed by atoms with Crippen LogP contribution in [0.15, 0.2) is 24.3 Å². The molecule has 0 bridgehead atoms. The summed E-state index contributed by atoms with van der Waals surface area (Å²) in [5, 5.41) is 0. The van der Waals surface area contributed by atoms with Crippen LogP contribution in [0.5, 0.6) is 0 Å². The standard InChI is InChI=1S/C16H26O2/c1-3-5-7-9-11-15(17)13-14-16(18)12-10-8-6-4-2/h9-12H,3-8,13-14H2,1-2H3. The molecule has 0 spiro atoms. The van der Waals surface area contributed by atoms with Crippen molar-refractivity contribution < 1.29 is 9.59 Å². The topological polar surface area (TPSA) is 34.1 Å². The fourth-order valence-corrected chi connectivity index (χ4v) is 1.49. The highest BCUT2D eigenvalue weighted by atomic mass is 16.1. The van der Waals surface area contributed by atoms with Crippen LogP contribution in [0, 0.1) is 0 Å². The second-order valence-corrected chi connectivity index (χ2v) is 4.52. The van der Waals surface area contributed by atoms with Crippen LogP contribution in [-0.2, 0) is 9.59 Å². The Labute approximate surface area is 111 Å². The van der Waals surface area contributed by atoms with E-state index in [9.17, 15) is 9.59 Å². The smallest absolute Gasteiger partial charge is 0.155 e. The van der Waals surface area contributed by atoms with Gasteiger partial charge in [-0.25, -0.2) is 0 Å². The van der Waals surface area contributed by atoms with Crippen molar-refractivity contribution in [1.82, 2.24) is 0 Å². The molecule has 0 fully saturated rings. The van der Waals surface area contributed by atoms with Gasteiger partial charge >= 0.3 is 0 Å². The summed E-state index contributed by atoms with van der Waals surface area (Å²) < 4.78 is 0. The van der Waals surface area contributed by atoms with Gasteiger partial charge in [-0.15, -0.1) is 0 Å². The third-order valence-electron chi connectivity index (χ3n) is 2.67. The van der Waals surface area contributed by atoms with E-state index in [0.29, 0.717) is 12.8 Å². The third-order valence-corrected chi connectivity index (χ3v) is 2.67. The first-order valence-electron chi connectivity index (χ1n) is 7.09. The largest absolute Gasteiger partial charge is 0.295 e. The number of carbonyl (C=O) groups excluding carboxylic acids is 2. The second-order valence-electron chi connectivity index (χ2n) is 4.52. The summed E-state index contributed by atoms with van der Waals surface area (Å²) in [6.45, 7) is 4.25. The van der Waals surface area contributed by atoms with E-state index in [1.54, 1.807) is 12.2 Å². The first kappa shape index (κ1) is 16.8. The number of allylic oxidation sites excluding steroid dienone is 4. The van der Waals surface area contributed by atoms with Gasteiger partial charge in [0.05, 0.1) is 0 Å². The number of rotatable bonds is 11. The third kappa shape index (κ3) is 11.3. The predicted molar refractivity (Wildman–Crippen MR) is 76.6 cm³/mol. The van der Waals surface area contributed by atoms with Crippen molar-refractivity contribution in [2.45, 2.75) is 65.2 Å². The van der Waals surface area contributed by atoms with Crippen LogP contribution in [0.1, 0.15) is 65.2 Å². The minimum absolute atomic E-state index is 0.0569. The van der Waals surface area contributed by atoms with Crippen LogP contribution in [0.3, 0.4) is 0 Å². The minimum atomic E-state index is 0.0569. The Bertz CT molecular complexity index is 257. The van der Waals surface area contributed by atoms with E-state index in [1.807, 2.05) is 12.2 Å². The number of hydrogen-bond acceptors (Lipinski definition) is 2. The van der Waals surface area contributed by atoms with Gasteiger partial charge in [-0.2, -0.15) is 0 Å². The van der Waals surface area contributed by atoms with Crippen molar-refractivity contribution >= 4 is 11.6 Å². The van der Waals surface area contributed by atoms with E-state index >= 15 is 0 Å². The Balaban J connectivity index is 3.68. The van der Waals surface area contributed by atoms with E-state index in [0.717, 1.165) is 38.5 Å². The van der Waals surface area contributed by atoms with Gasteiger partial charge in [0.1, 0.15) is 0 Å². The van der Waals surface area contributed by atoms with E-state index in [1.165, 1.54) is 0 Å². The van der Waals surface area contributed by atoms with Gasteiger partial charge in [-0.3, -0.25) is 9.59 Å².